The Hall–Kier alpha value is -1.55. The molecule has 126 valence electrons. The summed E-state index contributed by atoms with van der Waals surface area (Å²) in [6.07, 6.45) is 3.70. The van der Waals surface area contributed by atoms with E-state index in [9.17, 15) is 9.90 Å². The van der Waals surface area contributed by atoms with Gasteiger partial charge < -0.3 is 15.3 Å². The third-order valence-electron chi connectivity index (χ3n) is 5.45. The first-order chi connectivity index (χ1) is 11.0. The fraction of sp³-hybridized carbons (Fsp3) is 0.632. The second-order valence-corrected chi connectivity index (χ2v) is 7.68. The highest BCUT2D eigenvalue weighted by molar-refractivity contribution is 5.74. The number of nitrogens with one attached hydrogen (secondary N) is 1. The molecule has 1 aromatic rings. The molecule has 23 heavy (non-hydrogen) atoms. The molecule has 1 saturated heterocycles. The van der Waals surface area contributed by atoms with Crippen molar-refractivity contribution in [2.75, 3.05) is 19.6 Å². The lowest BCUT2D eigenvalue weighted by Crippen LogP contribution is -2.49. The Morgan fingerprint density at radius 2 is 2.04 bits per heavy atom. The maximum Gasteiger partial charge on any atom is 0.317 e. The van der Waals surface area contributed by atoms with Gasteiger partial charge in [-0.25, -0.2) is 4.79 Å². The number of carbonyl (C=O) groups is 1. The van der Waals surface area contributed by atoms with Gasteiger partial charge in [-0.2, -0.15) is 0 Å². The highest BCUT2D eigenvalue weighted by atomic mass is 16.3. The Morgan fingerprint density at radius 1 is 1.39 bits per heavy atom. The van der Waals surface area contributed by atoms with Crippen LogP contribution in [0.4, 0.5) is 4.79 Å². The average molecular weight is 316 g/mol. The molecule has 1 heterocycles. The van der Waals surface area contributed by atoms with Crippen molar-refractivity contribution < 1.29 is 9.90 Å². The molecule has 2 atom stereocenters. The van der Waals surface area contributed by atoms with Crippen molar-refractivity contribution >= 4 is 6.03 Å². The summed E-state index contributed by atoms with van der Waals surface area (Å²) in [5.74, 6) is 0.209. The summed E-state index contributed by atoms with van der Waals surface area (Å²) in [6.45, 7) is 6.24. The molecule has 2 unspecified atom stereocenters. The van der Waals surface area contributed by atoms with Crippen LogP contribution < -0.4 is 5.32 Å². The smallest absolute Gasteiger partial charge is 0.317 e. The fourth-order valence-electron chi connectivity index (χ4n) is 4.00. The van der Waals surface area contributed by atoms with Gasteiger partial charge in [-0.1, -0.05) is 31.2 Å². The van der Waals surface area contributed by atoms with Gasteiger partial charge in [0.25, 0.3) is 0 Å². The number of fused-ring (bicyclic) bond motifs is 1. The number of carbonyl (C=O) groups excluding carboxylic acids is 1. The summed E-state index contributed by atoms with van der Waals surface area (Å²) >= 11 is 0. The molecule has 4 nitrogen and oxygen atoms in total. The molecule has 2 N–H and O–H groups in total. The van der Waals surface area contributed by atoms with Gasteiger partial charge in [-0.05, 0) is 49.1 Å². The molecule has 0 aromatic heterocycles. The van der Waals surface area contributed by atoms with Crippen molar-refractivity contribution in [1.82, 2.24) is 10.2 Å². The number of nitrogens with zero attached hydrogens (tertiary/aromatic N) is 1. The zero-order valence-electron chi connectivity index (χ0n) is 14.2. The van der Waals surface area contributed by atoms with Gasteiger partial charge >= 0.3 is 6.03 Å². The minimum absolute atomic E-state index is 0.0209. The van der Waals surface area contributed by atoms with Crippen molar-refractivity contribution in [3.05, 3.63) is 35.4 Å². The predicted molar refractivity (Wildman–Crippen MR) is 91.3 cm³/mol. The molecule has 2 amide bonds. The highest BCUT2D eigenvalue weighted by Crippen LogP contribution is 2.36. The largest absolute Gasteiger partial charge is 0.393 e. The normalized spacial score (nSPS) is 24.1. The Labute approximate surface area is 138 Å². The summed E-state index contributed by atoms with van der Waals surface area (Å²) in [4.78, 5) is 14.3. The maximum atomic E-state index is 12.5. The number of likely N-dealkylation sites (tertiary alicyclic amines) is 1. The highest BCUT2D eigenvalue weighted by Gasteiger charge is 2.34. The molecule has 0 spiro atoms. The topological polar surface area (TPSA) is 52.6 Å². The number of amides is 2. The summed E-state index contributed by atoms with van der Waals surface area (Å²) in [6, 6.07) is 8.59. The lowest BCUT2D eigenvalue weighted by atomic mass is 9.87. The van der Waals surface area contributed by atoms with Crippen molar-refractivity contribution in [3.8, 4) is 0 Å². The van der Waals surface area contributed by atoms with Crippen LogP contribution in [0.5, 0.6) is 0 Å². The summed E-state index contributed by atoms with van der Waals surface area (Å²) in [5, 5.41) is 12.9. The summed E-state index contributed by atoms with van der Waals surface area (Å²) in [7, 11) is 0. The second kappa shape index (κ2) is 6.52. The van der Waals surface area contributed by atoms with Crippen LogP contribution in [0, 0.1) is 11.3 Å². The van der Waals surface area contributed by atoms with Gasteiger partial charge in [0.15, 0.2) is 0 Å². The van der Waals surface area contributed by atoms with Crippen molar-refractivity contribution in [2.45, 2.75) is 45.6 Å². The van der Waals surface area contributed by atoms with Gasteiger partial charge in [0.1, 0.15) is 0 Å². The molecule has 1 aliphatic heterocycles. The van der Waals surface area contributed by atoms with Crippen LogP contribution in [0.1, 0.15) is 37.8 Å². The molecular formula is C19H28N2O2. The molecule has 1 aromatic carbocycles. The summed E-state index contributed by atoms with van der Waals surface area (Å²) in [5.41, 5.74) is 2.94. The molecule has 2 aliphatic rings. The monoisotopic (exact) mass is 316 g/mol. The lowest BCUT2D eigenvalue weighted by Gasteiger charge is -2.35. The third-order valence-corrected chi connectivity index (χ3v) is 5.45. The minimum atomic E-state index is -0.340. The molecule has 4 heteroatoms. The Kier molecular flexibility index (Phi) is 4.62. The van der Waals surface area contributed by atoms with E-state index in [0.717, 1.165) is 32.2 Å². The SMILES string of the molecule is CC(O)C1CCCN(C(=O)NCC2(C)Cc3ccccc3C2)C1. The van der Waals surface area contributed by atoms with Crippen LogP contribution in [0.2, 0.25) is 0 Å². The van der Waals surface area contributed by atoms with Crippen molar-refractivity contribution in [3.63, 3.8) is 0 Å². The van der Waals surface area contributed by atoms with Gasteiger partial charge in [-0.3, -0.25) is 0 Å². The van der Waals surface area contributed by atoms with Crippen molar-refractivity contribution in [2.24, 2.45) is 11.3 Å². The zero-order chi connectivity index (χ0) is 16.4. The minimum Gasteiger partial charge on any atom is -0.393 e. The molecule has 0 saturated carbocycles. The van der Waals surface area contributed by atoms with E-state index in [2.05, 4.69) is 36.5 Å². The second-order valence-electron chi connectivity index (χ2n) is 7.68. The zero-order valence-corrected chi connectivity index (χ0v) is 14.2. The van der Waals surface area contributed by atoms with E-state index in [-0.39, 0.29) is 23.5 Å². The van der Waals surface area contributed by atoms with Gasteiger partial charge in [0.05, 0.1) is 6.10 Å². The van der Waals surface area contributed by atoms with Crippen LogP contribution in [0.25, 0.3) is 0 Å². The standard InChI is InChI=1S/C19H28N2O2/c1-14(22)17-8-5-9-21(12-17)18(23)20-13-19(2)10-15-6-3-4-7-16(15)11-19/h3-4,6-7,14,17,22H,5,8-13H2,1-2H3,(H,20,23). The van der Waals surface area contributed by atoms with Crippen LogP contribution in [-0.4, -0.2) is 41.8 Å². The molecule has 0 radical (unpaired) electrons. The quantitative estimate of drug-likeness (QED) is 0.900. The number of hydrogen-bond acceptors (Lipinski definition) is 2. The number of aliphatic hydroxyl groups is 1. The first-order valence-electron chi connectivity index (χ1n) is 8.74. The van der Waals surface area contributed by atoms with E-state index >= 15 is 0 Å². The van der Waals surface area contributed by atoms with E-state index in [0.29, 0.717) is 13.1 Å². The Bertz CT molecular complexity index is 545. The van der Waals surface area contributed by atoms with Crippen LogP contribution in [-0.2, 0) is 12.8 Å². The fourth-order valence-corrected chi connectivity index (χ4v) is 4.00. The van der Waals surface area contributed by atoms with Gasteiger partial charge in [0.2, 0.25) is 0 Å². The molecule has 3 rings (SSSR count). The van der Waals surface area contributed by atoms with Gasteiger partial charge in [0, 0.05) is 25.6 Å². The first-order valence-corrected chi connectivity index (χ1v) is 8.74. The van der Waals surface area contributed by atoms with E-state index in [4.69, 9.17) is 0 Å². The van der Waals surface area contributed by atoms with E-state index in [1.165, 1.54) is 11.1 Å². The number of piperidine rings is 1. The summed E-state index contributed by atoms with van der Waals surface area (Å²) < 4.78 is 0. The number of urea groups is 1. The van der Waals surface area contributed by atoms with E-state index in [1.54, 1.807) is 0 Å². The number of hydrogen-bond donors (Lipinski definition) is 2. The van der Waals surface area contributed by atoms with E-state index < -0.39 is 0 Å². The van der Waals surface area contributed by atoms with Crippen molar-refractivity contribution in [1.29, 1.82) is 0 Å². The number of benzene rings is 1. The molecular weight excluding hydrogens is 288 g/mol. The number of rotatable bonds is 3. The lowest BCUT2D eigenvalue weighted by molar-refractivity contribution is 0.0733. The van der Waals surface area contributed by atoms with Gasteiger partial charge in [-0.15, -0.1) is 0 Å². The maximum absolute atomic E-state index is 12.5. The third kappa shape index (κ3) is 3.69. The van der Waals surface area contributed by atoms with Crippen LogP contribution in [0.15, 0.2) is 24.3 Å². The first kappa shape index (κ1) is 16.3. The Balaban J connectivity index is 1.53. The predicted octanol–water partition coefficient (Wildman–Crippen LogP) is 2.59. The number of aliphatic hydroxyl groups excluding tert-OH is 1. The van der Waals surface area contributed by atoms with E-state index in [1.807, 2.05) is 11.8 Å². The van der Waals surface area contributed by atoms with Crippen LogP contribution >= 0.6 is 0 Å². The average Bonchev–Trinajstić information content (AvgIpc) is 2.89. The Morgan fingerprint density at radius 3 is 2.65 bits per heavy atom. The molecule has 1 aliphatic carbocycles. The molecule has 1 fully saturated rings. The molecule has 0 bridgehead atoms. The van der Waals surface area contributed by atoms with Crippen LogP contribution in [0.3, 0.4) is 0 Å².